The summed E-state index contributed by atoms with van der Waals surface area (Å²) in [5.41, 5.74) is 0. The molecule has 0 radical (unpaired) electrons. The Balaban J connectivity index is 2.96. The third-order valence-electron chi connectivity index (χ3n) is 1.26. The first-order chi connectivity index (χ1) is 4.31. The molecule has 2 heteroatoms. The van der Waals surface area contributed by atoms with Crippen LogP contribution in [-0.2, 0) is 4.79 Å². The van der Waals surface area contributed by atoms with Crippen LogP contribution in [0.2, 0.25) is 0 Å². The predicted octanol–water partition coefficient (Wildman–Crippen LogP) is 1.13. The Bertz CT molecular complexity index is 71.3. The first-order valence-corrected chi connectivity index (χ1v) is 3.44. The number of hydrogen-bond acceptors (Lipinski definition) is 2. The third-order valence-corrected chi connectivity index (χ3v) is 1.26. The zero-order chi connectivity index (χ0) is 7.11. The zero-order valence-electron chi connectivity index (χ0n) is 5.84. The van der Waals surface area contributed by atoms with Crippen molar-refractivity contribution in [1.29, 1.82) is 0 Å². The fourth-order valence-electron chi connectivity index (χ4n) is 0.672. The molecule has 0 bridgehead atoms. The quantitative estimate of drug-likeness (QED) is 0.447. The normalized spacial score (nSPS) is 13.1. The van der Waals surface area contributed by atoms with E-state index < -0.39 is 6.10 Å². The first-order valence-electron chi connectivity index (χ1n) is 3.44. The van der Waals surface area contributed by atoms with Crippen LogP contribution in [0.1, 0.15) is 32.6 Å². The molecule has 0 saturated heterocycles. The van der Waals surface area contributed by atoms with E-state index in [0.717, 1.165) is 19.3 Å². The van der Waals surface area contributed by atoms with Gasteiger partial charge in [-0.25, -0.2) is 0 Å². The average molecular weight is 130 g/mol. The Morgan fingerprint density at radius 1 is 1.56 bits per heavy atom. The van der Waals surface area contributed by atoms with Crippen LogP contribution in [0.5, 0.6) is 0 Å². The number of rotatable bonds is 5. The Kier molecular flexibility index (Phi) is 5.52. The molecule has 0 amide bonds. The lowest BCUT2D eigenvalue weighted by molar-refractivity contribution is -0.115. The van der Waals surface area contributed by atoms with E-state index in [0.29, 0.717) is 12.7 Å². The van der Waals surface area contributed by atoms with Crippen LogP contribution in [0.15, 0.2) is 0 Å². The molecule has 0 aliphatic rings. The number of aliphatic hydroxyl groups excluding tert-OH is 1. The number of carbonyl (C=O) groups excluding carboxylic acids is 1. The van der Waals surface area contributed by atoms with Gasteiger partial charge in [-0.15, -0.1) is 0 Å². The van der Waals surface area contributed by atoms with Crippen LogP contribution in [0.3, 0.4) is 0 Å². The fourth-order valence-corrected chi connectivity index (χ4v) is 0.672. The maximum absolute atomic E-state index is 9.85. The van der Waals surface area contributed by atoms with Crippen LogP contribution in [0, 0.1) is 0 Å². The van der Waals surface area contributed by atoms with Crippen LogP contribution in [-0.4, -0.2) is 17.5 Å². The highest BCUT2D eigenvalue weighted by molar-refractivity contribution is 5.55. The van der Waals surface area contributed by atoms with E-state index in [9.17, 15) is 4.79 Å². The van der Waals surface area contributed by atoms with Gasteiger partial charge in [-0.2, -0.15) is 0 Å². The number of carbonyl (C=O) groups is 1. The van der Waals surface area contributed by atoms with E-state index in [1.54, 1.807) is 0 Å². The van der Waals surface area contributed by atoms with Crippen molar-refractivity contribution in [3.8, 4) is 0 Å². The van der Waals surface area contributed by atoms with Gasteiger partial charge < -0.3 is 9.90 Å². The second-order valence-corrected chi connectivity index (χ2v) is 2.20. The first kappa shape index (κ1) is 8.63. The Morgan fingerprint density at radius 2 is 2.22 bits per heavy atom. The van der Waals surface area contributed by atoms with Gasteiger partial charge in [0.05, 0.1) is 0 Å². The predicted molar refractivity (Wildman–Crippen MR) is 36.2 cm³/mol. The zero-order valence-corrected chi connectivity index (χ0v) is 5.84. The summed E-state index contributed by atoms with van der Waals surface area (Å²) in [5, 5.41) is 8.72. The number of aliphatic hydroxyl groups is 1. The van der Waals surface area contributed by atoms with Crippen molar-refractivity contribution in [2.75, 3.05) is 0 Å². The van der Waals surface area contributed by atoms with Crippen molar-refractivity contribution >= 4 is 6.29 Å². The lowest BCUT2D eigenvalue weighted by Crippen LogP contribution is -2.06. The molecule has 2 nitrogen and oxygen atoms in total. The summed E-state index contributed by atoms with van der Waals surface area (Å²) in [4.78, 5) is 9.85. The third kappa shape index (κ3) is 5.50. The summed E-state index contributed by atoms with van der Waals surface area (Å²) >= 11 is 0. The van der Waals surface area contributed by atoms with Gasteiger partial charge in [0.1, 0.15) is 12.4 Å². The van der Waals surface area contributed by atoms with E-state index in [-0.39, 0.29) is 0 Å². The maximum atomic E-state index is 9.85. The fraction of sp³-hybridized carbons (Fsp3) is 0.857. The minimum atomic E-state index is -0.725. The van der Waals surface area contributed by atoms with Gasteiger partial charge in [-0.1, -0.05) is 26.2 Å². The summed E-state index contributed by atoms with van der Waals surface area (Å²) in [6.07, 6.45) is 3.68. The average Bonchev–Trinajstić information content (AvgIpc) is 1.89. The standard InChI is InChI=1S/C7H14O2/c1-2-3-4-5-7(9)6-8/h6-7,9H,2-5H2,1H3/t7-/m1/s1. The molecular formula is C7H14O2. The monoisotopic (exact) mass is 130 g/mol. The van der Waals surface area contributed by atoms with Crippen LogP contribution in [0.25, 0.3) is 0 Å². The SMILES string of the molecule is CCCCC[C@@H](O)C=O. The molecule has 0 aliphatic heterocycles. The largest absolute Gasteiger partial charge is 0.386 e. The second-order valence-electron chi connectivity index (χ2n) is 2.20. The lowest BCUT2D eigenvalue weighted by atomic mass is 10.1. The Labute approximate surface area is 55.9 Å². The molecule has 0 unspecified atom stereocenters. The van der Waals surface area contributed by atoms with E-state index in [4.69, 9.17) is 5.11 Å². The van der Waals surface area contributed by atoms with E-state index in [1.165, 1.54) is 0 Å². The lowest BCUT2D eigenvalue weighted by Gasteiger charge is -1.99. The van der Waals surface area contributed by atoms with Crippen LogP contribution < -0.4 is 0 Å². The molecule has 0 aromatic rings. The number of hydrogen-bond donors (Lipinski definition) is 1. The van der Waals surface area contributed by atoms with Crippen molar-refractivity contribution in [1.82, 2.24) is 0 Å². The second kappa shape index (κ2) is 5.76. The Morgan fingerprint density at radius 3 is 2.67 bits per heavy atom. The van der Waals surface area contributed by atoms with E-state index >= 15 is 0 Å². The highest BCUT2D eigenvalue weighted by Crippen LogP contribution is 2.00. The van der Waals surface area contributed by atoms with Gasteiger partial charge in [-0.3, -0.25) is 0 Å². The molecule has 9 heavy (non-hydrogen) atoms. The van der Waals surface area contributed by atoms with Gasteiger partial charge >= 0.3 is 0 Å². The van der Waals surface area contributed by atoms with Crippen molar-refractivity contribution in [3.05, 3.63) is 0 Å². The summed E-state index contributed by atoms with van der Waals surface area (Å²) < 4.78 is 0. The number of unbranched alkanes of at least 4 members (excludes halogenated alkanes) is 2. The summed E-state index contributed by atoms with van der Waals surface area (Å²) in [7, 11) is 0. The molecule has 0 fully saturated rings. The van der Waals surface area contributed by atoms with Gasteiger partial charge in [-0.05, 0) is 6.42 Å². The van der Waals surface area contributed by atoms with E-state index in [1.807, 2.05) is 0 Å². The summed E-state index contributed by atoms with van der Waals surface area (Å²) in [6.45, 7) is 2.09. The highest BCUT2D eigenvalue weighted by Gasteiger charge is 1.98. The van der Waals surface area contributed by atoms with Crippen molar-refractivity contribution in [2.45, 2.75) is 38.7 Å². The summed E-state index contributed by atoms with van der Waals surface area (Å²) in [6, 6.07) is 0. The van der Waals surface area contributed by atoms with Gasteiger partial charge in [0.25, 0.3) is 0 Å². The maximum Gasteiger partial charge on any atom is 0.148 e. The van der Waals surface area contributed by atoms with Crippen molar-refractivity contribution in [3.63, 3.8) is 0 Å². The van der Waals surface area contributed by atoms with Crippen LogP contribution >= 0.6 is 0 Å². The van der Waals surface area contributed by atoms with Crippen molar-refractivity contribution in [2.24, 2.45) is 0 Å². The molecule has 54 valence electrons. The minimum Gasteiger partial charge on any atom is -0.386 e. The van der Waals surface area contributed by atoms with Gasteiger partial charge in [0, 0.05) is 0 Å². The molecule has 0 aromatic heterocycles. The smallest absolute Gasteiger partial charge is 0.148 e. The topological polar surface area (TPSA) is 37.3 Å². The molecule has 1 atom stereocenters. The van der Waals surface area contributed by atoms with Gasteiger partial charge in [0.15, 0.2) is 0 Å². The van der Waals surface area contributed by atoms with Crippen molar-refractivity contribution < 1.29 is 9.90 Å². The number of aldehydes is 1. The molecule has 0 rings (SSSR count). The highest BCUT2D eigenvalue weighted by atomic mass is 16.3. The molecule has 0 aliphatic carbocycles. The minimum absolute atomic E-state index is 0.593. The van der Waals surface area contributed by atoms with E-state index in [2.05, 4.69) is 6.92 Å². The molecule has 0 spiro atoms. The molecule has 1 N–H and O–H groups in total. The molecule has 0 saturated carbocycles. The molecular weight excluding hydrogens is 116 g/mol. The summed E-state index contributed by atoms with van der Waals surface area (Å²) in [5.74, 6) is 0. The van der Waals surface area contributed by atoms with Crippen LogP contribution in [0.4, 0.5) is 0 Å². The van der Waals surface area contributed by atoms with Gasteiger partial charge in [0.2, 0.25) is 0 Å². The molecule has 0 aromatic carbocycles. The molecule has 0 heterocycles. The Hall–Kier alpha value is -0.370.